The zero-order chi connectivity index (χ0) is 20.1. The Morgan fingerprint density at radius 2 is 1.64 bits per heavy atom. The molecule has 3 rings (SSSR count). The third kappa shape index (κ3) is 4.54. The van der Waals surface area contributed by atoms with E-state index >= 15 is 0 Å². The number of hydrogen-bond donors (Lipinski definition) is 2. The van der Waals surface area contributed by atoms with E-state index in [1.165, 1.54) is 7.11 Å². The molecule has 0 bridgehead atoms. The second-order valence-corrected chi connectivity index (χ2v) is 6.42. The van der Waals surface area contributed by atoms with E-state index in [9.17, 15) is 9.59 Å². The van der Waals surface area contributed by atoms with E-state index < -0.39 is 11.9 Å². The van der Waals surface area contributed by atoms with Crippen LogP contribution in [0.25, 0.3) is 0 Å². The first kappa shape index (κ1) is 19.1. The number of aromatic nitrogens is 1. The van der Waals surface area contributed by atoms with Crippen LogP contribution < -0.4 is 10.6 Å². The number of ether oxygens (including phenoxy) is 1. The second-order valence-electron chi connectivity index (χ2n) is 6.42. The predicted octanol–water partition coefficient (Wildman–Crippen LogP) is 4.48. The molecule has 28 heavy (non-hydrogen) atoms. The van der Waals surface area contributed by atoms with E-state index in [4.69, 9.17) is 4.74 Å². The minimum atomic E-state index is -0.517. The first-order chi connectivity index (χ1) is 13.5. The molecule has 1 amide bonds. The van der Waals surface area contributed by atoms with Crippen LogP contribution in [0.15, 0.2) is 60.8 Å². The highest BCUT2D eigenvalue weighted by Crippen LogP contribution is 2.20. The average Bonchev–Trinajstić information content (AvgIpc) is 2.67. The lowest BCUT2D eigenvalue weighted by Crippen LogP contribution is -2.16. The van der Waals surface area contributed by atoms with Crippen molar-refractivity contribution in [2.75, 3.05) is 17.7 Å². The molecule has 2 aromatic carbocycles. The number of amides is 1. The van der Waals surface area contributed by atoms with Gasteiger partial charge in [-0.05, 0) is 61.4 Å². The number of pyridine rings is 1. The fourth-order valence-electron chi connectivity index (χ4n) is 2.88. The quantitative estimate of drug-likeness (QED) is 0.643. The van der Waals surface area contributed by atoms with Crippen LogP contribution in [-0.4, -0.2) is 24.0 Å². The largest absolute Gasteiger partial charge is 0.465 e. The molecule has 0 radical (unpaired) electrons. The SMILES string of the molecule is COC(=O)c1ccccc1NC(=O)c1ccc(Nc2cc(C)cc(C)c2)cn1. The highest BCUT2D eigenvalue weighted by Gasteiger charge is 2.15. The number of carbonyl (C=O) groups is 2. The summed E-state index contributed by atoms with van der Waals surface area (Å²) in [7, 11) is 1.30. The van der Waals surface area contributed by atoms with Crippen LogP contribution in [0.1, 0.15) is 32.0 Å². The molecule has 0 aliphatic heterocycles. The highest BCUT2D eigenvalue weighted by atomic mass is 16.5. The van der Waals surface area contributed by atoms with Gasteiger partial charge in [0.1, 0.15) is 5.69 Å². The van der Waals surface area contributed by atoms with E-state index in [1.807, 2.05) is 26.0 Å². The lowest BCUT2D eigenvalue weighted by molar-refractivity contribution is 0.0602. The van der Waals surface area contributed by atoms with Gasteiger partial charge in [0.05, 0.1) is 30.2 Å². The van der Waals surface area contributed by atoms with Crippen molar-refractivity contribution in [1.82, 2.24) is 4.98 Å². The molecule has 2 N–H and O–H groups in total. The Kier molecular flexibility index (Phi) is 5.69. The van der Waals surface area contributed by atoms with Gasteiger partial charge in [0.25, 0.3) is 5.91 Å². The third-order valence-corrected chi connectivity index (χ3v) is 4.09. The fraction of sp³-hybridized carbons (Fsp3) is 0.136. The summed E-state index contributed by atoms with van der Waals surface area (Å²) in [6.45, 7) is 4.08. The van der Waals surface area contributed by atoms with Crippen molar-refractivity contribution in [3.05, 3.63) is 83.2 Å². The Bertz CT molecular complexity index is 994. The van der Waals surface area contributed by atoms with Crippen molar-refractivity contribution in [3.8, 4) is 0 Å². The Balaban J connectivity index is 1.73. The second kappa shape index (κ2) is 8.35. The Morgan fingerprint density at radius 1 is 0.929 bits per heavy atom. The summed E-state index contributed by atoms with van der Waals surface area (Å²) in [6, 6.07) is 16.2. The normalized spacial score (nSPS) is 10.2. The van der Waals surface area contributed by atoms with Crippen LogP contribution in [-0.2, 0) is 4.74 Å². The third-order valence-electron chi connectivity index (χ3n) is 4.09. The summed E-state index contributed by atoms with van der Waals surface area (Å²) in [5.74, 6) is -0.925. The maximum Gasteiger partial charge on any atom is 0.339 e. The lowest BCUT2D eigenvalue weighted by Gasteiger charge is -2.11. The monoisotopic (exact) mass is 375 g/mol. The van der Waals surface area contributed by atoms with Crippen molar-refractivity contribution in [3.63, 3.8) is 0 Å². The van der Waals surface area contributed by atoms with Gasteiger partial charge in [-0.2, -0.15) is 0 Å². The molecule has 0 aliphatic carbocycles. The van der Waals surface area contributed by atoms with E-state index in [2.05, 4.69) is 21.7 Å². The molecule has 1 aromatic heterocycles. The first-order valence-electron chi connectivity index (χ1n) is 8.76. The number of anilines is 3. The van der Waals surface area contributed by atoms with Gasteiger partial charge in [-0.3, -0.25) is 4.79 Å². The Labute approximate surface area is 163 Å². The van der Waals surface area contributed by atoms with Gasteiger partial charge in [-0.15, -0.1) is 0 Å². The van der Waals surface area contributed by atoms with Crippen molar-refractivity contribution in [1.29, 1.82) is 0 Å². The van der Waals surface area contributed by atoms with Gasteiger partial charge in [-0.1, -0.05) is 18.2 Å². The number of aryl methyl sites for hydroxylation is 2. The number of nitrogens with one attached hydrogen (secondary N) is 2. The van der Waals surface area contributed by atoms with Gasteiger partial charge in [0.15, 0.2) is 0 Å². The topological polar surface area (TPSA) is 80.3 Å². The maximum atomic E-state index is 12.5. The van der Waals surface area contributed by atoms with E-state index in [0.717, 1.165) is 22.5 Å². The molecule has 3 aromatic rings. The summed E-state index contributed by atoms with van der Waals surface area (Å²) >= 11 is 0. The maximum absolute atomic E-state index is 12.5. The van der Waals surface area contributed by atoms with Crippen LogP contribution in [0.4, 0.5) is 17.1 Å². The van der Waals surface area contributed by atoms with E-state index in [0.29, 0.717) is 5.69 Å². The number of benzene rings is 2. The molecule has 0 spiro atoms. The van der Waals surface area contributed by atoms with Gasteiger partial charge in [0.2, 0.25) is 0 Å². The molecule has 1 heterocycles. The van der Waals surface area contributed by atoms with E-state index in [-0.39, 0.29) is 11.3 Å². The summed E-state index contributed by atoms with van der Waals surface area (Å²) in [5, 5.41) is 5.98. The standard InChI is InChI=1S/C22H21N3O3/c1-14-10-15(2)12-17(11-14)24-16-8-9-20(23-13-16)21(26)25-19-7-5-4-6-18(19)22(27)28-3/h4-13,24H,1-3H3,(H,25,26). The number of hydrogen-bond acceptors (Lipinski definition) is 5. The molecule has 6 heteroatoms. The highest BCUT2D eigenvalue weighted by molar-refractivity contribution is 6.07. The van der Waals surface area contributed by atoms with Gasteiger partial charge < -0.3 is 15.4 Å². The van der Waals surface area contributed by atoms with Crippen molar-refractivity contribution < 1.29 is 14.3 Å². The van der Waals surface area contributed by atoms with Crippen LogP contribution >= 0.6 is 0 Å². The van der Waals surface area contributed by atoms with E-state index in [1.54, 1.807) is 42.6 Å². The first-order valence-corrected chi connectivity index (χ1v) is 8.76. The van der Waals surface area contributed by atoms with Crippen LogP contribution in [0.2, 0.25) is 0 Å². The van der Waals surface area contributed by atoms with Crippen molar-refractivity contribution in [2.24, 2.45) is 0 Å². The molecule has 0 saturated heterocycles. The summed E-state index contributed by atoms with van der Waals surface area (Å²) in [4.78, 5) is 28.5. The number of methoxy groups -OCH3 is 1. The zero-order valence-corrected chi connectivity index (χ0v) is 15.9. The van der Waals surface area contributed by atoms with Gasteiger partial charge >= 0.3 is 5.97 Å². The molecule has 142 valence electrons. The molecule has 0 saturated carbocycles. The minimum Gasteiger partial charge on any atom is -0.465 e. The lowest BCUT2D eigenvalue weighted by atomic mass is 10.1. The van der Waals surface area contributed by atoms with Gasteiger partial charge in [-0.25, -0.2) is 9.78 Å². The molecular weight excluding hydrogens is 354 g/mol. The number of esters is 1. The number of para-hydroxylation sites is 1. The summed E-state index contributed by atoms with van der Waals surface area (Å²) in [6.07, 6.45) is 1.60. The number of rotatable bonds is 5. The van der Waals surface area contributed by atoms with Crippen molar-refractivity contribution >= 4 is 28.9 Å². The fourth-order valence-corrected chi connectivity index (χ4v) is 2.88. The number of carbonyl (C=O) groups excluding carboxylic acids is 2. The molecule has 0 fully saturated rings. The van der Waals surface area contributed by atoms with Crippen LogP contribution in [0.3, 0.4) is 0 Å². The molecule has 0 atom stereocenters. The minimum absolute atomic E-state index is 0.241. The van der Waals surface area contributed by atoms with Crippen LogP contribution in [0.5, 0.6) is 0 Å². The Hall–Kier alpha value is -3.67. The predicted molar refractivity (Wildman–Crippen MR) is 109 cm³/mol. The van der Waals surface area contributed by atoms with Gasteiger partial charge in [0, 0.05) is 5.69 Å². The molecule has 6 nitrogen and oxygen atoms in total. The Morgan fingerprint density at radius 3 is 2.29 bits per heavy atom. The van der Waals surface area contributed by atoms with Crippen LogP contribution in [0, 0.1) is 13.8 Å². The average molecular weight is 375 g/mol. The van der Waals surface area contributed by atoms with Crippen molar-refractivity contribution in [2.45, 2.75) is 13.8 Å². The molecule has 0 unspecified atom stereocenters. The summed E-state index contributed by atoms with van der Waals surface area (Å²) < 4.78 is 4.74. The smallest absolute Gasteiger partial charge is 0.339 e. The molecular formula is C22H21N3O3. The summed E-state index contributed by atoms with van der Waals surface area (Å²) in [5.41, 5.74) is 4.96. The zero-order valence-electron chi connectivity index (χ0n) is 15.9. The number of nitrogens with zero attached hydrogens (tertiary/aromatic N) is 1. The molecule has 0 aliphatic rings.